The lowest BCUT2D eigenvalue weighted by atomic mass is 10.0. The summed E-state index contributed by atoms with van der Waals surface area (Å²) in [6.07, 6.45) is 1.61. The Morgan fingerprint density at radius 3 is 2.00 bits per heavy atom. The standard InChI is InChI=1S/C25H14N2O2S2/c1-13-6-8-14(9-7-13)23-27-25-24(31-23)26-20(30-25)12-19-21(28)17-10-15-4-2-3-5-16(15)11-18(17)22(19)29/h2-12H,1H3. The Kier molecular flexibility index (Phi) is 4.00. The van der Waals surface area contributed by atoms with Crippen molar-refractivity contribution in [1.29, 1.82) is 0 Å². The largest absolute Gasteiger partial charge is 0.288 e. The zero-order valence-electron chi connectivity index (χ0n) is 16.4. The molecule has 0 atom stereocenters. The Balaban J connectivity index is 1.38. The number of allylic oxidation sites excluding steroid dienone is 1. The topological polar surface area (TPSA) is 59.9 Å². The SMILES string of the molecule is Cc1ccc(-c2nc3sc(C=C4C(=O)c5cc6ccccc6cc5C4=O)nc3s2)cc1. The number of aromatic nitrogens is 2. The molecule has 0 unspecified atom stereocenters. The van der Waals surface area contributed by atoms with Crippen molar-refractivity contribution in [3.63, 3.8) is 0 Å². The summed E-state index contributed by atoms with van der Waals surface area (Å²) in [7, 11) is 0. The number of carbonyl (C=O) groups is 2. The molecule has 0 bridgehead atoms. The first-order valence-electron chi connectivity index (χ1n) is 9.75. The van der Waals surface area contributed by atoms with Crippen LogP contribution in [0.2, 0.25) is 0 Å². The van der Waals surface area contributed by atoms with Gasteiger partial charge in [-0.25, -0.2) is 9.97 Å². The first-order valence-corrected chi connectivity index (χ1v) is 11.4. The summed E-state index contributed by atoms with van der Waals surface area (Å²) in [6, 6.07) is 19.6. The van der Waals surface area contributed by atoms with Crippen LogP contribution in [0.15, 0.2) is 66.2 Å². The van der Waals surface area contributed by atoms with Crippen molar-refractivity contribution in [2.24, 2.45) is 0 Å². The van der Waals surface area contributed by atoms with Crippen molar-refractivity contribution in [3.05, 3.63) is 87.9 Å². The number of fused-ring (bicyclic) bond motifs is 3. The van der Waals surface area contributed by atoms with Crippen LogP contribution in [-0.4, -0.2) is 21.5 Å². The molecule has 2 heterocycles. The van der Waals surface area contributed by atoms with Crippen LogP contribution >= 0.6 is 22.7 Å². The van der Waals surface area contributed by atoms with Crippen molar-refractivity contribution in [3.8, 4) is 10.6 Å². The highest BCUT2D eigenvalue weighted by atomic mass is 32.1. The molecule has 0 N–H and O–H groups in total. The number of thiazole rings is 2. The monoisotopic (exact) mass is 438 g/mol. The van der Waals surface area contributed by atoms with Crippen LogP contribution < -0.4 is 0 Å². The molecule has 0 spiro atoms. The average molecular weight is 439 g/mol. The number of hydrogen-bond donors (Lipinski definition) is 0. The molecule has 0 radical (unpaired) electrons. The van der Waals surface area contributed by atoms with Gasteiger partial charge in [-0.05, 0) is 35.9 Å². The maximum Gasteiger partial charge on any atom is 0.197 e. The molecule has 6 heteroatoms. The highest BCUT2D eigenvalue weighted by Crippen LogP contribution is 2.36. The normalized spacial score (nSPS) is 13.4. The second-order valence-corrected chi connectivity index (χ2v) is 9.50. The van der Waals surface area contributed by atoms with Crippen molar-refractivity contribution in [2.75, 3.05) is 0 Å². The van der Waals surface area contributed by atoms with Gasteiger partial charge < -0.3 is 0 Å². The Morgan fingerprint density at radius 2 is 1.39 bits per heavy atom. The molecule has 1 aliphatic rings. The van der Waals surface area contributed by atoms with Gasteiger partial charge in [-0.15, -0.1) is 0 Å². The van der Waals surface area contributed by atoms with Gasteiger partial charge in [0.05, 0.1) is 5.57 Å². The first kappa shape index (κ1) is 18.3. The fourth-order valence-electron chi connectivity index (χ4n) is 3.80. The van der Waals surface area contributed by atoms with E-state index in [4.69, 9.17) is 4.98 Å². The summed E-state index contributed by atoms with van der Waals surface area (Å²) in [6.45, 7) is 2.05. The van der Waals surface area contributed by atoms with E-state index in [1.54, 1.807) is 6.08 Å². The van der Waals surface area contributed by atoms with Gasteiger partial charge in [0, 0.05) is 16.7 Å². The highest BCUT2D eigenvalue weighted by Gasteiger charge is 2.33. The van der Waals surface area contributed by atoms with Gasteiger partial charge >= 0.3 is 0 Å². The molecular weight excluding hydrogens is 424 g/mol. The van der Waals surface area contributed by atoms with E-state index in [9.17, 15) is 9.59 Å². The lowest BCUT2D eigenvalue weighted by molar-refractivity contribution is 0.0990. The molecule has 0 fully saturated rings. The Labute approximate surface area is 185 Å². The van der Waals surface area contributed by atoms with Crippen molar-refractivity contribution >= 4 is 60.7 Å². The van der Waals surface area contributed by atoms with Crippen LogP contribution in [0.5, 0.6) is 0 Å². The zero-order chi connectivity index (χ0) is 21.1. The van der Waals surface area contributed by atoms with Crippen molar-refractivity contribution in [1.82, 2.24) is 9.97 Å². The summed E-state index contributed by atoms with van der Waals surface area (Å²) in [5.41, 5.74) is 3.37. The van der Waals surface area contributed by atoms with Crippen LogP contribution in [0.3, 0.4) is 0 Å². The molecule has 6 rings (SSSR count). The number of benzene rings is 3. The second-order valence-electron chi connectivity index (χ2n) is 7.51. The Morgan fingerprint density at radius 1 is 0.774 bits per heavy atom. The third-order valence-electron chi connectivity index (χ3n) is 5.42. The first-order chi connectivity index (χ1) is 15.1. The summed E-state index contributed by atoms with van der Waals surface area (Å²) in [4.78, 5) is 36.8. The summed E-state index contributed by atoms with van der Waals surface area (Å²) in [5.74, 6) is -0.477. The van der Waals surface area contributed by atoms with E-state index in [1.807, 2.05) is 36.4 Å². The number of ketones is 2. The zero-order valence-corrected chi connectivity index (χ0v) is 18.0. The van der Waals surface area contributed by atoms with Gasteiger partial charge in [-0.1, -0.05) is 76.8 Å². The van der Waals surface area contributed by atoms with E-state index < -0.39 is 0 Å². The van der Waals surface area contributed by atoms with Crippen LogP contribution in [-0.2, 0) is 0 Å². The molecule has 148 valence electrons. The summed E-state index contributed by atoms with van der Waals surface area (Å²) in [5, 5.41) is 3.44. The molecule has 0 saturated carbocycles. The molecule has 4 nitrogen and oxygen atoms in total. The van der Waals surface area contributed by atoms with Gasteiger partial charge in [0.25, 0.3) is 0 Å². The highest BCUT2D eigenvalue weighted by molar-refractivity contribution is 7.28. The maximum absolute atomic E-state index is 12.9. The minimum absolute atomic E-state index is 0.172. The summed E-state index contributed by atoms with van der Waals surface area (Å²) >= 11 is 2.91. The van der Waals surface area contributed by atoms with E-state index in [-0.39, 0.29) is 17.1 Å². The van der Waals surface area contributed by atoms with E-state index in [2.05, 4.69) is 36.2 Å². The van der Waals surface area contributed by atoms with Crippen LogP contribution in [0.4, 0.5) is 0 Å². The number of rotatable bonds is 2. The van der Waals surface area contributed by atoms with E-state index in [0.29, 0.717) is 16.1 Å². The van der Waals surface area contributed by atoms with Crippen LogP contribution in [0.25, 0.3) is 37.1 Å². The number of aryl methyl sites for hydroxylation is 1. The molecule has 2 aromatic heterocycles. The third kappa shape index (κ3) is 2.95. The third-order valence-corrected chi connectivity index (χ3v) is 7.45. The molecule has 1 aliphatic carbocycles. The minimum Gasteiger partial charge on any atom is -0.288 e. The quantitative estimate of drug-likeness (QED) is 0.238. The van der Waals surface area contributed by atoms with Gasteiger partial charge in [-0.2, -0.15) is 0 Å². The summed E-state index contributed by atoms with van der Waals surface area (Å²) < 4.78 is 0. The van der Waals surface area contributed by atoms with Gasteiger partial charge in [0.15, 0.2) is 21.2 Å². The maximum atomic E-state index is 12.9. The van der Waals surface area contributed by atoms with E-state index >= 15 is 0 Å². The minimum atomic E-state index is -0.238. The fraction of sp³-hybridized carbons (Fsp3) is 0.0400. The Hall–Kier alpha value is -3.48. The molecule has 3 aromatic carbocycles. The fourth-order valence-corrected chi connectivity index (χ4v) is 5.80. The van der Waals surface area contributed by atoms with Crippen LogP contribution in [0, 0.1) is 6.92 Å². The van der Waals surface area contributed by atoms with Gasteiger partial charge in [0.2, 0.25) is 0 Å². The predicted octanol–water partition coefficient (Wildman–Crippen LogP) is 6.34. The second kappa shape index (κ2) is 6.77. The molecular formula is C25H14N2O2S2. The average Bonchev–Trinajstić information content (AvgIpc) is 3.40. The number of carbonyl (C=O) groups excluding carboxylic acids is 2. The predicted molar refractivity (Wildman–Crippen MR) is 126 cm³/mol. The van der Waals surface area contributed by atoms with Gasteiger partial charge in [0.1, 0.15) is 10.0 Å². The Bertz CT molecular complexity index is 1480. The molecule has 0 saturated heterocycles. The molecule has 5 aromatic rings. The lowest BCUT2D eigenvalue weighted by Crippen LogP contribution is -1.99. The molecule has 0 aliphatic heterocycles. The lowest BCUT2D eigenvalue weighted by Gasteiger charge is -2.00. The number of hydrogen-bond acceptors (Lipinski definition) is 6. The molecule has 31 heavy (non-hydrogen) atoms. The van der Waals surface area contributed by atoms with Crippen molar-refractivity contribution < 1.29 is 9.59 Å². The number of Topliss-reactive ketones (excluding diaryl/α,β-unsaturated/α-hetero) is 2. The number of nitrogens with zero attached hydrogens (tertiary/aromatic N) is 2. The van der Waals surface area contributed by atoms with Crippen LogP contribution in [0.1, 0.15) is 31.3 Å². The van der Waals surface area contributed by atoms with E-state index in [1.165, 1.54) is 28.2 Å². The van der Waals surface area contributed by atoms with Crippen molar-refractivity contribution in [2.45, 2.75) is 6.92 Å². The smallest absolute Gasteiger partial charge is 0.197 e. The molecule has 0 amide bonds. The van der Waals surface area contributed by atoms with Gasteiger partial charge in [-0.3, -0.25) is 9.59 Å². The van der Waals surface area contributed by atoms with E-state index in [0.717, 1.165) is 31.0 Å².